The van der Waals surface area contributed by atoms with Crippen molar-refractivity contribution < 1.29 is 23.9 Å². The van der Waals surface area contributed by atoms with E-state index in [1.165, 1.54) is 7.11 Å². The summed E-state index contributed by atoms with van der Waals surface area (Å²) in [5.74, 6) is -1.01. The van der Waals surface area contributed by atoms with E-state index in [0.717, 1.165) is 5.56 Å². The van der Waals surface area contributed by atoms with Gasteiger partial charge in [0.2, 0.25) is 5.91 Å². The van der Waals surface area contributed by atoms with Gasteiger partial charge in [-0.05, 0) is 38.4 Å². The van der Waals surface area contributed by atoms with Gasteiger partial charge < -0.3 is 20.1 Å². The van der Waals surface area contributed by atoms with Crippen molar-refractivity contribution in [1.29, 1.82) is 0 Å². The molecule has 0 unspecified atom stereocenters. The van der Waals surface area contributed by atoms with Gasteiger partial charge in [-0.15, -0.1) is 0 Å². The molecule has 8 nitrogen and oxygen atoms in total. The number of aromatic nitrogens is 1. The Hall–Kier alpha value is -2.42. The minimum absolute atomic E-state index is 0.234. The second-order valence-electron chi connectivity index (χ2n) is 9.11. The Labute approximate surface area is 173 Å². The maximum atomic E-state index is 13.0. The number of nitrogens with zero attached hydrogens (tertiary/aromatic N) is 1. The van der Waals surface area contributed by atoms with Crippen LogP contribution in [0.5, 0.6) is 0 Å². The average molecular weight is 424 g/mol. The number of pyridine rings is 1. The highest BCUT2D eigenvalue weighted by atomic mass is 28.3. The van der Waals surface area contributed by atoms with E-state index in [1.54, 1.807) is 39.2 Å². The van der Waals surface area contributed by atoms with E-state index in [4.69, 9.17) is 9.47 Å². The molecule has 162 valence electrons. The quantitative estimate of drug-likeness (QED) is 0.491. The lowest BCUT2D eigenvalue weighted by Gasteiger charge is -2.28. The molecule has 29 heavy (non-hydrogen) atoms. The Bertz CT molecular complexity index is 698. The predicted octanol–water partition coefficient (Wildman–Crippen LogP) is 2.51. The van der Waals surface area contributed by atoms with Gasteiger partial charge in [0, 0.05) is 26.9 Å². The number of ether oxygens (including phenoxy) is 2. The van der Waals surface area contributed by atoms with Gasteiger partial charge in [0.1, 0.15) is 17.7 Å². The molecular formula is C20H33N3O5Si. The smallest absolute Gasteiger partial charge is 0.408 e. The molecule has 0 aromatic carbocycles. The molecule has 1 aromatic heterocycles. The Morgan fingerprint density at radius 3 is 2.28 bits per heavy atom. The summed E-state index contributed by atoms with van der Waals surface area (Å²) in [6.45, 7) is 11.5. The summed E-state index contributed by atoms with van der Waals surface area (Å²) in [6.07, 6.45) is 2.82. The standard InChI is InChI=1S/C20H33N3O5Si/c1-20(2,3)28-19(26)23-16(13-29(5,6)7)17(24)22-15(18(25)27-4)11-14-9-8-10-21-12-14/h8-10,12,15-16H,11,13H2,1-7H3,(H,22,24)(H,23,26)/t15-,16+/m0/s1. The molecule has 2 atom stereocenters. The number of nitrogens with one attached hydrogen (secondary N) is 2. The molecule has 0 bridgehead atoms. The molecule has 2 N–H and O–H groups in total. The molecule has 1 rings (SSSR count). The molecule has 0 aliphatic rings. The van der Waals surface area contributed by atoms with Crippen LogP contribution in [0.15, 0.2) is 24.5 Å². The summed E-state index contributed by atoms with van der Waals surface area (Å²) < 4.78 is 10.1. The van der Waals surface area contributed by atoms with Crippen molar-refractivity contribution in [3.63, 3.8) is 0 Å². The molecule has 0 aliphatic carbocycles. The summed E-state index contributed by atoms with van der Waals surface area (Å²) >= 11 is 0. The fourth-order valence-corrected chi connectivity index (χ4v) is 4.15. The fraction of sp³-hybridized carbons (Fsp3) is 0.600. The highest BCUT2D eigenvalue weighted by Gasteiger charge is 2.32. The van der Waals surface area contributed by atoms with Crippen molar-refractivity contribution in [2.45, 2.75) is 70.6 Å². The summed E-state index contributed by atoms with van der Waals surface area (Å²) in [5, 5.41) is 5.37. The summed E-state index contributed by atoms with van der Waals surface area (Å²) in [5.41, 5.74) is 0.101. The molecule has 0 aliphatic heterocycles. The van der Waals surface area contributed by atoms with E-state index in [-0.39, 0.29) is 6.42 Å². The van der Waals surface area contributed by atoms with Crippen molar-refractivity contribution in [2.75, 3.05) is 7.11 Å². The first kappa shape index (κ1) is 24.6. The second-order valence-corrected chi connectivity index (χ2v) is 14.6. The lowest BCUT2D eigenvalue weighted by Crippen LogP contribution is -2.54. The minimum atomic E-state index is -1.73. The van der Waals surface area contributed by atoms with Gasteiger partial charge >= 0.3 is 12.1 Å². The molecule has 9 heteroatoms. The highest BCUT2D eigenvalue weighted by molar-refractivity contribution is 6.76. The van der Waals surface area contributed by atoms with Crippen LogP contribution >= 0.6 is 0 Å². The van der Waals surface area contributed by atoms with Gasteiger partial charge in [0.25, 0.3) is 0 Å². The number of carbonyl (C=O) groups excluding carboxylic acids is 3. The van der Waals surface area contributed by atoms with Gasteiger partial charge in [0.05, 0.1) is 7.11 Å². The van der Waals surface area contributed by atoms with Gasteiger partial charge in [-0.3, -0.25) is 9.78 Å². The normalized spacial score (nSPS) is 13.8. The van der Waals surface area contributed by atoms with Gasteiger partial charge in [-0.1, -0.05) is 25.7 Å². The number of alkyl carbamates (subject to hydrolysis) is 1. The molecule has 0 saturated heterocycles. The predicted molar refractivity (Wildman–Crippen MR) is 113 cm³/mol. The molecule has 2 amide bonds. The van der Waals surface area contributed by atoms with E-state index in [0.29, 0.717) is 6.04 Å². The Balaban J connectivity index is 2.95. The largest absolute Gasteiger partial charge is 0.467 e. The zero-order valence-electron chi connectivity index (χ0n) is 18.4. The summed E-state index contributed by atoms with van der Waals surface area (Å²) in [4.78, 5) is 41.4. The maximum Gasteiger partial charge on any atom is 0.408 e. The van der Waals surface area contributed by atoms with E-state index in [1.807, 2.05) is 6.07 Å². The number of hydrogen-bond acceptors (Lipinski definition) is 6. The Morgan fingerprint density at radius 2 is 1.79 bits per heavy atom. The van der Waals surface area contributed by atoms with E-state index in [2.05, 4.69) is 35.3 Å². The second kappa shape index (κ2) is 10.4. The first-order valence-electron chi connectivity index (χ1n) is 9.57. The van der Waals surface area contributed by atoms with Crippen LogP contribution in [0.3, 0.4) is 0 Å². The third-order valence-electron chi connectivity index (χ3n) is 3.79. The molecule has 0 fully saturated rings. The van der Waals surface area contributed by atoms with Crippen molar-refractivity contribution in [2.24, 2.45) is 0 Å². The van der Waals surface area contributed by atoms with Crippen molar-refractivity contribution in [3.8, 4) is 0 Å². The summed E-state index contributed by atoms with van der Waals surface area (Å²) in [7, 11) is -0.459. The Kier molecular flexibility index (Phi) is 8.81. The van der Waals surface area contributed by atoms with Crippen LogP contribution in [0.4, 0.5) is 4.79 Å². The number of rotatable bonds is 8. The van der Waals surface area contributed by atoms with Crippen LogP contribution in [0.25, 0.3) is 0 Å². The molecule has 0 radical (unpaired) electrons. The van der Waals surface area contributed by atoms with Crippen LogP contribution in [0, 0.1) is 0 Å². The highest BCUT2D eigenvalue weighted by Crippen LogP contribution is 2.14. The molecular weight excluding hydrogens is 390 g/mol. The lowest BCUT2D eigenvalue weighted by molar-refractivity contribution is -0.145. The number of hydrogen-bond donors (Lipinski definition) is 2. The zero-order valence-corrected chi connectivity index (χ0v) is 19.4. The minimum Gasteiger partial charge on any atom is -0.467 e. The van der Waals surface area contributed by atoms with Gasteiger partial charge in [-0.25, -0.2) is 9.59 Å². The van der Waals surface area contributed by atoms with Gasteiger partial charge in [-0.2, -0.15) is 0 Å². The third-order valence-corrected chi connectivity index (χ3v) is 5.42. The van der Waals surface area contributed by atoms with Crippen molar-refractivity contribution in [3.05, 3.63) is 30.1 Å². The summed E-state index contributed by atoms with van der Waals surface area (Å²) in [6, 6.07) is 2.37. The first-order valence-corrected chi connectivity index (χ1v) is 13.3. The van der Waals surface area contributed by atoms with Crippen LogP contribution in [0.1, 0.15) is 26.3 Å². The lowest BCUT2D eigenvalue weighted by atomic mass is 10.1. The monoisotopic (exact) mass is 423 g/mol. The number of amides is 2. The topological polar surface area (TPSA) is 107 Å². The van der Waals surface area contributed by atoms with Crippen molar-refractivity contribution >= 4 is 26.0 Å². The molecule has 0 spiro atoms. The molecule has 0 saturated carbocycles. The molecule has 1 heterocycles. The van der Waals surface area contributed by atoms with Crippen LogP contribution in [-0.2, 0) is 25.5 Å². The zero-order chi connectivity index (χ0) is 22.2. The fourth-order valence-electron chi connectivity index (χ4n) is 2.63. The first-order chi connectivity index (χ1) is 13.3. The van der Waals surface area contributed by atoms with E-state index >= 15 is 0 Å². The average Bonchev–Trinajstić information content (AvgIpc) is 2.57. The van der Waals surface area contributed by atoms with Gasteiger partial charge in [0.15, 0.2) is 0 Å². The van der Waals surface area contributed by atoms with Crippen LogP contribution in [-0.4, -0.2) is 55.8 Å². The molecule has 1 aromatic rings. The van der Waals surface area contributed by atoms with Crippen molar-refractivity contribution in [1.82, 2.24) is 15.6 Å². The van der Waals surface area contributed by atoms with Crippen LogP contribution < -0.4 is 10.6 Å². The Morgan fingerprint density at radius 1 is 1.14 bits per heavy atom. The SMILES string of the molecule is COC(=O)[C@H](Cc1cccnc1)NC(=O)[C@@H](C[Si](C)(C)C)NC(=O)OC(C)(C)C. The number of carbonyl (C=O) groups is 3. The van der Waals surface area contributed by atoms with E-state index in [9.17, 15) is 14.4 Å². The number of esters is 1. The third kappa shape index (κ3) is 10.1. The number of methoxy groups -OCH3 is 1. The van der Waals surface area contributed by atoms with E-state index < -0.39 is 43.7 Å². The maximum absolute atomic E-state index is 13.0. The van der Waals surface area contributed by atoms with Crippen LogP contribution in [0.2, 0.25) is 25.7 Å².